The first-order valence-corrected chi connectivity index (χ1v) is 17.1. The summed E-state index contributed by atoms with van der Waals surface area (Å²) in [5.41, 5.74) is 4.61. The van der Waals surface area contributed by atoms with Crippen LogP contribution in [0.5, 0.6) is 5.75 Å². The fourth-order valence-corrected chi connectivity index (χ4v) is 4.57. The molecule has 0 radical (unpaired) electrons. The van der Waals surface area contributed by atoms with Crippen molar-refractivity contribution in [1.82, 2.24) is 0 Å². The largest absolute Gasteiger partial charge is 0.497 e. The van der Waals surface area contributed by atoms with Crippen molar-refractivity contribution in [2.45, 2.75) is 90.5 Å². The molecule has 0 fully saturated rings. The molecule has 164 valence electrons. The van der Waals surface area contributed by atoms with Crippen LogP contribution in [0.25, 0.3) is 0 Å². The monoisotopic (exact) mass is 434 g/mol. The van der Waals surface area contributed by atoms with Gasteiger partial charge in [-0.3, -0.25) is 0 Å². The standard InChI is InChI=1S/C24H42O3Si2/c1-24(2,3)29(8,9)27-23(13-11-10-12-18-28(5,6)7)20-26-19-21-14-16-22(25-4)17-15-21/h14-17,23H,10-11,13,19-20H2,1-9H3/t23-/m0/s1. The maximum Gasteiger partial charge on any atom is 0.192 e. The molecule has 0 amide bonds. The third-order valence-corrected chi connectivity index (χ3v) is 10.8. The van der Waals surface area contributed by atoms with E-state index in [2.05, 4.69) is 77.1 Å². The lowest BCUT2D eigenvalue weighted by Crippen LogP contribution is -2.45. The van der Waals surface area contributed by atoms with Crippen molar-refractivity contribution < 1.29 is 13.9 Å². The molecule has 0 saturated carbocycles. The molecule has 0 spiro atoms. The van der Waals surface area contributed by atoms with Gasteiger partial charge < -0.3 is 13.9 Å². The van der Waals surface area contributed by atoms with Crippen LogP contribution >= 0.6 is 0 Å². The quantitative estimate of drug-likeness (QED) is 0.234. The number of hydrogen-bond acceptors (Lipinski definition) is 3. The average Bonchev–Trinajstić information content (AvgIpc) is 2.59. The molecule has 0 aliphatic carbocycles. The molecule has 0 aliphatic heterocycles. The van der Waals surface area contributed by atoms with Crippen molar-refractivity contribution in [3.63, 3.8) is 0 Å². The minimum atomic E-state index is -1.83. The summed E-state index contributed by atoms with van der Waals surface area (Å²) in [5, 5.41) is 0.193. The van der Waals surface area contributed by atoms with Crippen molar-refractivity contribution in [2.24, 2.45) is 0 Å². The van der Waals surface area contributed by atoms with E-state index < -0.39 is 16.4 Å². The van der Waals surface area contributed by atoms with Gasteiger partial charge in [0.2, 0.25) is 0 Å². The lowest BCUT2D eigenvalue weighted by Gasteiger charge is -2.39. The molecule has 29 heavy (non-hydrogen) atoms. The van der Waals surface area contributed by atoms with Crippen LogP contribution in [0, 0.1) is 11.5 Å². The van der Waals surface area contributed by atoms with Gasteiger partial charge in [0.25, 0.3) is 0 Å². The Morgan fingerprint density at radius 2 is 1.62 bits per heavy atom. The highest BCUT2D eigenvalue weighted by atomic mass is 28.4. The van der Waals surface area contributed by atoms with Gasteiger partial charge in [-0.1, -0.05) is 52.5 Å². The number of benzene rings is 1. The zero-order valence-electron chi connectivity index (χ0n) is 20.1. The average molecular weight is 435 g/mol. The molecular formula is C24H42O3Si2. The van der Waals surface area contributed by atoms with E-state index in [1.165, 1.54) is 0 Å². The molecule has 0 saturated heterocycles. The van der Waals surface area contributed by atoms with E-state index in [9.17, 15) is 0 Å². The van der Waals surface area contributed by atoms with Crippen molar-refractivity contribution in [3.05, 3.63) is 29.8 Å². The van der Waals surface area contributed by atoms with Gasteiger partial charge in [-0.15, -0.1) is 11.5 Å². The highest BCUT2D eigenvalue weighted by Gasteiger charge is 2.39. The van der Waals surface area contributed by atoms with Gasteiger partial charge in [0.1, 0.15) is 13.8 Å². The zero-order valence-corrected chi connectivity index (χ0v) is 22.1. The van der Waals surface area contributed by atoms with E-state index in [0.29, 0.717) is 13.2 Å². The van der Waals surface area contributed by atoms with Gasteiger partial charge in [0.05, 0.1) is 26.4 Å². The molecule has 3 nitrogen and oxygen atoms in total. The lowest BCUT2D eigenvalue weighted by atomic mass is 10.1. The molecule has 0 bridgehead atoms. The maximum absolute atomic E-state index is 6.68. The normalized spacial score (nSPS) is 13.6. The Hall–Kier alpha value is -1.07. The second-order valence-corrected chi connectivity index (χ2v) is 19.8. The molecule has 0 N–H and O–H groups in total. The Morgan fingerprint density at radius 3 is 2.14 bits per heavy atom. The van der Waals surface area contributed by atoms with E-state index in [0.717, 1.165) is 30.6 Å². The summed E-state index contributed by atoms with van der Waals surface area (Å²) in [6, 6.07) is 8.04. The molecule has 0 heterocycles. The van der Waals surface area contributed by atoms with Crippen molar-refractivity contribution in [1.29, 1.82) is 0 Å². The van der Waals surface area contributed by atoms with Crippen molar-refractivity contribution >= 4 is 16.4 Å². The molecular weight excluding hydrogens is 392 g/mol. The number of ether oxygens (including phenoxy) is 2. The van der Waals surface area contributed by atoms with Crippen LogP contribution < -0.4 is 4.74 Å². The lowest BCUT2D eigenvalue weighted by molar-refractivity contribution is 0.0298. The van der Waals surface area contributed by atoms with Gasteiger partial charge in [-0.05, 0) is 48.7 Å². The minimum Gasteiger partial charge on any atom is -0.497 e. The molecule has 1 atom stereocenters. The summed E-state index contributed by atoms with van der Waals surface area (Å²) in [6.45, 7) is 19.6. The van der Waals surface area contributed by atoms with E-state index in [1.54, 1.807) is 7.11 Å². The summed E-state index contributed by atoms with van der Waals surface area (Å²) in [4.78, 5) is 0. The number of unbranched alkanes of at least 4 members (excludes halogenated alkanes) is 1. The van der Waals surface area contributed by atoms with E-state index in [-0.39, 0.29) is 11.1 Å². The Labute approximate surface area is 181 Å². The smallest absolute Gasteiger partial charge is 0.192 e. The predicted molar refractivity (Wildman–Crippen MR) is 130 cm³/mol. The number of hydrogen-bond donors (Lipinski definition) is 0. The summed E-state index contributed by atoms with van der Waals surface area (Å²) >= 11 is 0. The van der Waals surface area contributed by atoms with Gasteiger partial charge >= 0.3 is 0 Å². The van der Waals surface area contributed by atoms with Gasteiger partial charge in [0, 0.05) is 6.42 Å². The summed E-state index contributed by atoms with van der Waals surface area (Å²) in [5.74, 6) is 4.25. The Bertz CT molecular complexity index is 659. The fourth-order valence-electron chi connectivity index (χ4n) is 2.55. The highest BCUT2D eigenvalue weighted by molar-refractivity contribution is 6.83. The van der Waals surface area contributed by atoms with Crippen LogP contribution in [-0.2, 0) is 15.8 Å². The molecule has 1 rings (SSSR count). The molecule has 1 aromatic carbocycles. The molecule has 0 aliphatic rings. The number of methoxy groups -OCH3 is 1. The summed E-state index contributed by atoms with van der Waals surface area (Å²) in [7, 11) is -1.43. The van der Waals surface area contributed by atoms with Crippen LogP contribution in [0.2, 0.25) is 37.8 Å². The van der Waals surface area contributed by atoms with Crippen molar-refractivity contribution in [3.8, 4) is 17.2 Å². The third-order valence-electron chi connectivity index (χ3n) is 5.29. The van der Waals surface area contributed by atoms with Gasteiger partial charge in [0.15, 0.2) is 8.32 Å². The van der Waals surface area contributed by atoms with Gasteiger partial charge in [-0.2, -0.15) is 0 Å². The Kier molecular flexibility index (Phi) is 10.2. The topological polar surface area (TPSA) is 27.7 Å². The van der Waals surface area contributed by atoms with Gasteiger partial charge in [-0.25, -0.2) is 0 Å². The number of rotatable bonds is 10. The first-order chi connectivity index (χ1) is 13.3. The SMILES string of the molecule is COc1ccc(COC[C@H](CCCC#C[Si](C)(C)C)O[Si](C)(C)C(C)(C)C)cc1. The second kappa shape index (κ2) is 11.4. The maximum atomic E-state index is 6.68. The molecule has 0 aromatic heterocycles. The fraction of sp³-hybridized carbons (Fsp3) is 0.667. The van der Waals surface area contributed by atoms with Crippen LogP contribution in [-0.4, -0.2) is 36.2 Å². The Morgan fingerprint density at radius 1 is 1.00 bits per heavy atom. The molecule has 5 heteroatoms. The van der Waals surface area contributed by atoms with Crippen LogP contribution in [0.4, 0.5) is 0 Å². The summed E-state index contributed by atoms with van der Waals surface area (Å²) < 4.78 is 17.9. The first-order valence-electron chi connectivity index (χ1n) is 10.7. The minimum absolute atomic E-state index is 0.128. The predicted octanol–water partition coefficient (Wildman–Crippen LogP) is 6.65. The first kappa shape index (κ1) is 26.0. The van der Waals surface area contributed by atoms with E-state index >= 15 is 0 Å². The highest BCUT2D eigenvalue weighted by Crippen LogP contribution is 2.37. The molecule has 1 aromatic rings. The second-order valence-electron chi connectivity index (χ2n) is 10.3. The van der Waals surface area contributed by atoms with Crippen LogP contribution in [0.3, 0.4) is 0 Å². The van der Waals surface area contributed by atoms with Crippen LogP contribution in [0.1, 0.15) is 45.6 Å². The van der Waals surface area contributed by atoms with Crippen LogP contribution in [0.15, 0.2) is 24.3 Å². The third kappa shape index (κ3) is 10.5. The van der Waals surface area contributed by atoms with Crippen molar-refractivity contribution in [2.75, 3.05) is 13.7 Å². The molecule has 0 unspecified atom stereocenters. The Balaban J connectivity index is 2.64. The van der Waals surface area contributed by atoms with E-state index in [1.807, 2.05) is 12.1 Å². The summed E-state index contributed by atoms with van der Waals surface area (Å²) in [6.07, 6.45) is 3.13. The van der Waals surface area contributed by atoms with E-state index in [4.69, 9.17) is 13.9 Å². The zero-order chi connectivity index (χ0) is 22.1.